The monoisotopic (exact) mass is 239 g/mol. The van der Waals surface area contributed by atoms with Crippen LogP contribution in [0.25, 0.3) is 0 Å². The van der Waals surface area contributed by atoms with E-state index in [2.05, 4.69) is 21.3 Å². The Morgan fingerprint density at radius 1 is 1.75 bits per heavy atom. The van der Waals surface area contributed by atoms with Crippen LogP contribution in [-0.2, 0) is 4.79 Å². The van der Waals surface area contributed by atoms with Crippen LogP contribution in [0.3, 0.4) is 0 Å². The van der Waals surface area contributed by atoms with Gasteiger partial charge in [-0.25, -0.2) is 9.78 Å². The number of aliphatic carboxylic acids is 1. The Bertz CT molecular complexity index is 401. The lowest BCUT2D eigenvalue weighted by Gasteiger charge is -2.09. The summed E-state index contributed by atoms with van der Waals surface area (Å²) >= 11 is 1.22. The van der Waals surface area contributed by atoms with E-state index >= 15 is 0 Å². The van der Waals surface area contributed by atoms with E-state index in [-0.39, 0.29) is 0 Å². The fourth-order valence-electron chi connectivity index (χ4n) is 1.34. The van der Waals surface area contributed by atoms with Gasteiger partial charge in [-0.05, 0) is 19.3 Å². The van der Waals surface area contributed by atoms with Crippen molar-refractivity contribution in [2.45, 2.75) is 31.2 Å². The van der Waals surface area contributed by atoms with Crippen molar-refractivity contribution >= 4 is 22.6 Å². The average Bonchev–Trinajstić information content (AvgIpc) is 2.99. The second kappa shape index (κ2) is 4.61. The molecular formula is C10H13N3O2S. The van der Waals surface area contributed by atoms with Crippen molar-refractivity contribution in [1.82, 2.24) is 9.36 Å². The largest absolute Gasteiger partial charge is 0.480 e. The minimum atomic E-state index is -0.900. The van der Waals surface area contributed by atoms with Gasteiger partial charge in [0.15, 0.2) is 0 Å². The summed E-state index contributed by atoms with van der Waals surface area (Å²) in [5.74, 6) is 0.438. The zero-order valence-corrected chi connectivity index (χ0v) is 9.54. The molecule has 1 aliphatic carbocycles. The molecule has 1 atom stereocenters. The van der Waals surface area contributed by atoms with Crippen LogP contribution in [0.4, 0.5) is 5.13 Å². The van der Waals surface area contributed by atoms with Gasteiger partial charge in [0.25, 0.3) is 0 Å². The van der Waals surface area contributed by atoms with Crippen molar-refractivity contribution in [3.63, 3.8) is 0 Å². The van der Waals surface area contributed by atoms with Gasteiger partial charge in [-0.15, -0.1) is 6.58 Å². The molecule has 0 spiro atoms. The first-order valence-corrected chi connectivity index (χ1v) is 5.92. The lowest BCUT2D eigenvalue weighted by atomic mass is 10.2. The standard InChI is InChI=1S/C10H13N3O2S/c1-2-3-7(9(14)15)11-10-12-8(13-16-10)6-4-5-6/h2,6-7H,1,3-5H2,(H,14,15)(H,11,12,13). The molecule has 16 heavy (non-hydrogen) atoms. The first kappa shape index (κ1) is 11.1. The Morgan fingerprint density at radius 2 is 2.50 bits per heavy atom. The molecule has 0 saturated heterocycles. The third-order valence-corrected chi connectivity index (χ3v) is 3.04. The highest BCUT2D eigenvalue weighted by atomic mass is 32.1. The van der Waals surface area contributed by atoms with E-state index in [1.165, 1.54) is 11.5 Å². The number of aromatic nitrogens is 2. The number of hydrogen-bond donors (Lipinski definition) is 2. The molecule has 86 valence electrons. The molecule has 1 aliphatic rings. The zero-order valence-electron chi connectivity index (χ0n) is 8.72. The van der Waals surface area contributed by atoms with Crippen LogP contribution in [0.5, 0.6) is 0 Å². The summed E-state index contributed by atoms with van der Waals surface area (Å²) in [6.07, 6.45) is 4.23. The summed E-state index contributed by atoms with van der Waals surface area (Å²) in [6.45, 7) is 3.53. The van der Waals surface area contributed by atoms with Crippen LogP contribution in [0.2, 0.25) is 0 Å². The van der Waals surface area contributed by atoms with Crippen LogP contribution >= 0.6 is 11.5 Å². The van der Waals surface area contributed by atoms with Crippen molar-refractivity contribution < 1.29 is 9.90 Å². The lowest BCUT2D eigenvalue weighted by Crippen LogP contribution is -2.28. The molecule has 2 N–H and O–H groups in total. The summed E-state index contributed by atoms with van der Waals surface area (Å²) < 4.78 is 4.20. The van der Waals surface area contributed by atoms with E-state index in [9.17, 15) is 4.79 Å². The topological polar surface area (TPSA) is 75.1 Å². The number of nitrogens with zero attached hydrogens (tertiary/aromatic N) is 2. The van der Waals surface area contributed by atoms with Crippen molar-refractivity contribution in [2.75, 3.05) is 5.32 Å². The van der Waals surface area contributed by atoms with Crippen LogP contribution in [0.1, 0.15) is 31.0 Å². The van der Waals surface area contributed by atoms with Gasteiger partial charge >= 0.3 is 5.97 Å². The van der Waals surface area contributed by atoms with Crippen molar-refractivity contribution in [1.29, 1.82) is 0 Å². The summed E-state index contributed by atoms with van der Waals surface area (Å²) in [7, 11) is 0. The van der Waals surface area contributed by atoms with Gasteiger partial charge in [-0.1, -0.05) is 6.08 Å². The second-order valence-corrected chi connectivity index (χ2v) is 4.54. The highest BCUT2D eigenvalue weighted by molar-refractivity contribution is 7.09. The van der Waals surface area contributed by atoms with Gasteiger partial charge in [0, 0.05) is 17.5 Å². The molecule has 6 heteroatoms. The summed E-state index contributed by atoms with van der Waals surface area (Å²) in [6, 6.07) is -0.669. The van der Waals surface area contributed by atoms with E-state index in [1.54, 1.807) is 6.08 Å². The van der Waals surface area contributed by atoms with Crippen LogP contribution in [0.15, 0.2) is 12.7 Å². The molecule has 0 aliphatic heterocycles. The highest BCUT2D eigenvalue weighted by Gasteiger charge is 2.28. The number of carboxylic acids is 1. The molecule has 2 rings (SSSR count). The Balaban J connectivity index is 1.99. The minimum absolute atomic E-state index is 0.369. The van der Waals surface area contributed by atoms with E-state index < -0.39 is 12.0 Å². The third-order valence-electron chi connectivity index (χ3n) is 2.38. The van der Waals surface area contributed by atoms with Gasteiger partial charge in [0.1, 0.15) is 11.9 Å². The van der Waals surface area contributed by atoms with Gasteiger partial charge < -0.3 is 10.4 Å². The average molecular weight is 239 g/mol. The molecule has 0 amide bonds. The van der Waals surface area contributed by atoms with Crippen molar-refractivity contribution in [3.05, 3.63) is 18.5 Å². The van der Waals surface area contributed by atoms with E-state index in [0.717, 1.165) is 18.7 Å². The number of hydrogen-bond acceptors (Lipinski definition) is 5. The fourth-order valence-corrected chi connectivity index (χ4v) is 2.04. The number of anilines is 1. The smallest absolute Gasteiger partial charge is 0.326 e. The molecule has 1 heterocycles. The van der Waals surface area contributed by atoms with Gasteiger partial charge in [0.05, 0.1) is 0 Å². The lowest BCUT2D eigenvalue weighted by molar-refractivity contribution is -0.137. The van der Waals surface area contributed by atoms with Gasteiger partial charge in [-0.2, -0.15) is 4.37 Å². The molecule has 1 fully saturated rings. The molecule has 0 radical (unpaired) electrons. The summed E-state index contributed by atoms with van der Waals surface area (Å²) in [5.41, 5.74) is 0. The summed E-state index contributed by atoms with van der Waals surface area (Å²) in [4.78, 5) is 15.2. The van der Waals surface area contributed by atoms with Crippen molar-refractivity contribution in [3.8, 4) is 0 Å². The zero-order chi connectivity index (χ0) is 11.5. The van der Waals surface area contributed by atoms with Gasteiger partial charge in [-0.3, -0.25) is 0 Å². The quantitative estimate of drug-likeness (QED) is 0.741. The Kier molecular flexibility index (Phi) is 3.19. The predicted octanol–water partition coefficient (Wildman–Crippen LogP) is 1.86. The molecule has 0 aromatic carbocycles. The Hall–Kier alpha value is -1.43. The first-order valence-electron chi connectivity index (χ1n) is 5.14. The first-order chi connectivity index (χ1) is 7.70. The van der Waals surface area contributed by atoms with E-state index in [4.69, 9.17) is 5.11 Å². The Labute approximate surface area is 97.4 Å². The number of carbonyl (C=O) groups is 1. The molecule has 1 aromatic rings. The molecule has 5 nitrogen and oxygen atoms in total. The SMILES string of the molecule is C=CCC(Nc1nc(C2CC2)ns1)C(=O)O. The molecular weight excluding hydrogens is 226 g/mol. The molecule has 0 bridgehead atoms. The van der Waals surface area contributed by atoms with Crippen LogP contribution in [0, 0.1) is 0 Å². The predicted molar refractivity (Wildman–Crippen MR) is 61.7 cm³/mol. The van der Waals surface area contributed by atoms with E-state index in [1.807, 2.05) is 0 Å². The maximum absolute atomic E-state index is 10.9. The van der Waals surface area contributed by atoms with Crippen molar-refractivity contribution in [2.24, 2.45) is 0 Å². The van der Waals surface area contributed by atoms with Crippen LogP contribution in [-0.4, -0.2) is 26.5 Å². The number of nitrogens with one attached hydrogen (secondary N) is 1. The number of rotatable bonds is 6. The normalized spacial score (nSPS) is 16.8. The fraction of sp³-hybridized carbons (Fsp3) is 0.500. The van der Waals surface area contributed by atoms with Gasteiger partial charge in [0.2, 0.25) is 5.13 Å². The molecule has 1 aromatic heterocycles. The summed E-state index contributed by atoms with van der Waals surface area (Å²) in [5, 5.41) is 12.4. The van der Waals surface area contributed by atoms with Crippen LogP contribution < -0.4 is 5.32 Å². The minimum Gasteiger partial charge on any atom is -0.480 e. The second-order valence-electron chi connectivity index (χ2n) is 3.79. The maximum Gasteiger partial charge on any atom is 0.326 e. The Morgan fingerprint density at radius 3 is 3.06 bits per heavy atom. The molecule has 1 saturated carbocycles. The molecule has 1 unspecified atom stereocenters. The highest BCUT2D eigenvalue weighted by Crippen LogP contribution is 2.39. The maximum atomic E-state index is 10.9. The number of carboxylic acid groups (broad SMARTS) is 1. The van der Waals surface area contributed by atoms with E-state index in [0.29, 0.717) is 17.5 Å². The third kappa shape index (κ3) is 2.57.